The van der Waals surface area contributed by atoms with Crippen molar-refractivity contribution in [2.45, 2.75) is 24.3 Å². The molecule has 1 aromatic rings. The average molecular weight is 337 g/mol. The number of likely N-dealkylation sites (N-methyl/N-ethyl adjacent to an activating group) is 1. The SMILES string of the molecule is Cc1nn(C)c(Cl)c1S(=O)(=O)NCCC1CN(C)CCO1. The van der Waals surface area contributed by atoms with Gasteiger partial charge in [-0.2, -0.15) is 5.10 Å². The smallest absolute Gasteiger partial charge is 0.245 e. The molecule has 0 aliphatic carbocycles. The van der Waals surface area contributed by atoms with Crippen molar-refractivity contribution in [1.82, 2.24) is 19.4 Å². The fourth-order valence-electron chi connectivity index (χ4n) is 2.38. The number of aryl methyl sites for hydroxylation is 2. The molecule has 0 radical (unpaired) electrons. The summed E-state index contributed by atoms with van der Waals surface area (Å²) in [5.41, 5.74) is 0.392. The number of hydrogen-bond acceptors (Lipinski definition) is 5. The van der Waals surface area contributed by atoms with Crippen molar-refractivity contribution >= 4 is 21.6 Å². The third kappa shape index (κ3) is 3.95. The first kappa shape index (κ1) is 16.7. The third-order valence-corrected chi connectivity index (χ3v) is 5.63. The molecule has 0 spiro atoms. The summed E-state index contributed by atoms with van der Waals surface area (Å²) in [6, 6.07) is 0. The van der Waals surface area contributed by atoms with Crippen molar-refractivity contribution in [2.24, 2.45) is 7.05 Å². The lowest BCUT2D eigenvalue weighted by Gasteiger charge is -2.30. The van der Waals surface area contributed by atoms with E-state index < -0.39 is 10.0 Å². The molecule has 2 rings (SSSR count). The van der Waals surface area contributed by atoms with E-state index in [4.69, 9.17) is 16.3 Å². The molecular weight excluding hydrogens is 316 g/mol. The van der Waals surface area contributed by atoms with Crippen LogP contribution in [0.15, 0.2) is 4.90 Å². The first-order valence-electron chi connectivity index (χ1n) is 6.80. The highest BCUT2D eigenvalue weighted by Crippen LogP contribution is 2.23. The van der Waals surface area contributed by atoms with E-state index in [0.29, 0.717) is 25.3 Å². The monoisotopic (exact) mass is 336 g/mol. The summed E-state index contributed by atoms with van der Waals surface area (Å²) in [5, 5.41) is 4.14. The Labute approximate surface area is 130 Å². The van der Waals surface area contributed by atoms with Crippen LogP contribution in [-0.4, -0.2) is 62.5 Å². The van der Waals surface area contributed by atoms with Crippen LogP contribution >= 0.6 is 11.6 Å². The fourth-order valence-corrected chi connectivity index (χ4v) is 4.18. The number of rotatable bonds is 5. The molecule has 1 fully saturated rings. The molecule has 21 heavy (non-hydrogen) atoms. The molecule has 2 heterocycles. The Hall–Kier alpha value is -0.670. The Morgan fingerprint density at radius 3 is 2.76 bits per heavy atom. The van der Waals surface area contributed by atoms with Gasteiger partial charge in [0, 0.05) is 26.7 Å². The Kier molecular flexibility index (Phi) is 5.26. The number of nitrogens with zero attached hydrogens (tertiary/aromatic N) is 3. The third-order valence-electron chi connectivity index (χ3n) is 3.47. The summed E-state index contributed by atoms with van der Waals surface area (Å²) < 4.78 is 34.1. The summed E-state index contributed by atoms with van der Waals surface area (Å²) in [6.45, 7) is 4.34. The second-order valence-corrected chi connectivity index (χ2v) is 7.33. The molecule has 1 N–H and O–H groups in total. The van der Waals surface area contributed by atoms with Gasteiger partial charge in [-0.1, -0.05) is 11.6 Å². The maximum absolute atomic E-state index is 12.3. The van der Waals surface area contributed by atoms with Crippen LogP contribution < -0.4 is 4.72 Å². The van der Waals surface area contributed by atoms with Crippen LogP contribution in [0.1, 0.15) is 12.1 Å². The van der Waals surface area contributed by atoms with Crippen molar-refractivity contribution in [3.05, 3.63) is 10.8 Å². The van der Waals surface area contributed by atoms with Gasteiger partial charge in [-0.15, -0.1) is 0 Å². The minimum absolute atomic E-state index is 0.0494. The van der Waals surface area contributed by atoms with Crippen molar-refractivity contribution in [3.63, 3.8) is 0 Å². The van der Waals surface area contributed by atoms with Crippen molar-refractivity contribution in [1.29, 1.82) is 0 Å². The van der Waals surface area contributed by atoms with Crippen LogP contribution in [-0.2, 0) is 21.8 Å². The van der Waals surface area contributed by atoms with E-state index in [-0.39, 0.29) is 16.2 Å². The summed E-state index contributed by atoms with van der Waals surface area (Å²) in [4.78, 5) is 2.22. The number of morpholine rings is 1. The summed E-state index contributed by atoms with van der Waals surface area (Å²) in [7, 11) is -0.0121. The molecule has 1 aromatic heterocycles. The lowest BCUT2D eigenvalue weighted by Crippen LogP contribution is -2.41. The standard InChI is InChI=1S/C12H21ClN4O3S/c1-9-11(12(13)17(3)15-9)21(18,19)14-5-4-10-8-16(2)6-7-20-10/h10,14H,4-8H2,1-3H3. The van der Waals surface area contributed by atoms with Gasteiger partial charge < -0.3 is 9.64 Å². The van der Waals surface area contributed by atoms with Gasteiger partial charge in [-0.25, -0.2) is 13.1 Å². The lowest BCUT2D eigenvalue weighted by atomic mass is 10.2. The molecule has 1 unspecified atom stereocenters. The zero-order valence-corrected chi connectivity index (χ0v) is 14.0. The van der Waals surface area contributed by atoms with Crippen LogP contribution in [0.4, 0.5) is 0 Å². The van der Waals surface area contributed by atoms with Gasteiger partial charge in [0.15, 0.2) is 0 Å². The molecule has 0 amide bonds. The molecule has 0 aromatic carbocycles. The van der Waals surface area contributed by atoms with Crippen molar-refractivity contribution < 1.29 is 13.2 Å². The number of ether oxygens (including phenoxy) is 1. The number of nitrogens with one attached hydrogen (secondary N) is 1. The molecule has 0 bridgehead atoms. The quantitative estimate of drug-likeness (QED) is 0.841. The van der Waals surface area contributed by atoms with Crippen LogP contribution in [0, 0.1) is 6.92 Å². The van der Waals surface area contributed by atoms with Crippen LogP contribution in [0.5, 0.6) is 0 Å². The summed E-state index contributed by atoms with van der Waals surface area (Å²) in [6.07, 6.45) is 0.678. The van der Waals surface area contributed by atoms with Gasteiger partial charge in [0.05, 0.1) is 18.4 Å². The number of aromatic nitrogens is 2. The Morgan fingerprint density at radius 2 is 2.19 bits per heavy atom. The zero-order valence-electron chi connectivity index (χ0n) is 12.5. The van der Waals surface area contributed by atoms with Crippen LogP contribution in [0.3, 0.4) is 0 Å². The Morgan fingerprint density at radius 1 is 1.48 bits per heavy atom. The minimum atomic E-state index is -3.65. The highest BCUT2D eigenvalue weighted by Gasteiger charge is 2.25. The fraction of sp³-hybridized carbons (Fsp3) is 0.750. The predicted molar refractivity (Wildman–Crippen MR) is 80.0 cm³/mol. The molecular formula is C12H21ClN4O3S. The average Bonchev–Trinajstić information content (AvgIpc) is 2.63. The molecule has 9 heteroatoms. The van der Waals surface area contributed by atoms with E-state index in [1.807, 2.05) is 7.05 Å². The van der Waals surface area contributed by atoms with Crippen molar-refractivity contribution in [3.8, 4) is 0 Å². The highest BCUT2D eigenvalue weighted by atomic mass is 35.5. The van der Waals surface area contributed by atoms with Crippen molar-refractivity contribution in [2.75, 3.05) is 33.3 Å². The maximum atomic E-state index is 12.3. The topological polar surface area (TPSA) is 76.5 Å². The molecule has 1 atom stereocenters. The predicted octanol–water partition coefficient (Wildman–Crippen LogP) is 0.381. The molecule has 1 aliphatic heterocycles. The molecule has 1 aliphatic rings. The largest absolute Gasteiger partial charge is 0.376 e. The maximum Gasteiger partial charge on any atom is 0.245 e. The van der Waals surface area contributed by atoms with Gasteiger partial charge in [0.25, 0.3) is 0 Å². The van der Waals surface area contributed by atoms with E-state index in [2.05, 4.69) is 14.7 Å². The van der Waals surface area contributed by atoms with E-state index in [1.165, 1.54) is 4.68 Å². The number of sulfonamides is 1. The van der Waals surface area contributed by atoms with Gasteiger partial charge in [0.2, 0.25) is 10.0 Å². The van der Waals surface area contributed by atoms with Gasteiger partial charge in [-0.05, 0) is 20.4 Å². The molecule has 120 valence electrons. The second-order valence-electron chi connectivity index (χ2n) is 5.27. The summed E-state index contributed by atoms with van der Waals surface area (Å²) in [5.74, 6) is 0. The molecule has 0 saturated carbocycles. The number of hydrogen-bond donors (Lipinski definition) is 1. The Bertz CT molecular complexity index is 602. The lowest BCUT2D eigenvalue weighted by molar-refractivity contribution is -0.0222. The first-order chi connectivity index (χ1) is 9.81. The zero-order chi connectivity index (χ0) is 15.6. The van der Waals surface area contributed by atoms with E-state index >= 15 is 0 Å². The molecule has 1 saturated heterocycles. The van der Waals surface area contributed by atoms with E-state index in [0.717, 1.165) is 13.1 Å². The number of halogens is 1. The molecule has 7 nitrogen and oxygen atoms in total. The van der Waals surface area contributed by atoms with Gasteiger partial charge in [-0.3, -0.25) is 4.68 Å². The van der Waals surface area contributed by atoms with Crippen LogP contribution in [0.25, 0.3) is 0 Å². The van der Waals surface area contributed by atoms with E-state index in [9.17, 15) is 8.42 Å². The van der Waals surface area contributed by atoms with Gasteiger partial charge in [0.1, 0.15) is 10.0 Å². The second kappa shape index (κ2) is 6.62. The first-order valence-corrected chi connectivity index (χ1v) is 8.66. The van der Waals surface area contributed by atoms with E-state index in [1.54, 1.807) is 14.0 Å². The van der Waals surface area contributed by atoms with Gasteiger partial charge >= 0.3 is 0 Å². The van der Waals surface area contributed by atoms with Crippen LogP contribution in [0.2, 0.25) is 5.15 Å². The Balaban J connectivity index is 1.95. The highest BCUT2D eigenvalue weighted by molar-refractivity contribution is 7.89. The minimum Gasteiger partial charge on any atom is -0.376 e. The normalized spacial score (nSPS) is 20.9. The summed E-state index contributed by atoms with van der Waals surface area (Å²) >= 11 is 6.00.